The molecular formula is C22H43NaO10S. The van der Waals surface area contributed by atoms with E-state index in [-0.39, 0.29) is 54.6 Å². The third kappa shape index (κ3) is 20.5. The van der Waals surface area contributed by atoms with Crippen LogP contribution in [0, 0.1) is 11.8 Å². The first-order valence-corrected chi connectivity index (χ1v) is 13.0. The van der Waals surface area contributed by atoms with Crippen molar-refractivity contribution in [2.75, 3.05) is 20.3 Å². The average molecular weight is 523 g/mol. The van der Waals surface area contributed by atoms with Crippen LogP contribution in [0.5, 0.6) is 0 Å². The normalized spacial score (nSPS) is 13.2. The predicted octanol–water partition coefficient (Wildman–Crippen LogP) is 3.81. The molecule has 198 valence electrons. The van der Waals surface area contributed by atoms with Crippen molar-refractivity contribution in [1.29, 1.82) is 0 Å². The molecule has 0 aliphatic rings. The van der Waals surface area contributed by atoms with Crippen LogP contribution in [0.2, 0.25) is 0 Å². The third-order valence-electron chi connectivity index (χ3n) is 5.18. The first kappa shape index (κ1) is 37.7. The molecule has 0 amide bonds. The Morgan fingerprint density at radius 3 is 1.59 bits per heavy atom. The number of carboxylic acid groups (broad SMARTS) is 1. The second-order valence-electron chi connectivity index (χ2n) is 7.82. The van der Waals surface area contributed by atoms with Crippen LogP contribution in [0.15, 0.2) is 0 Å². The standard InChI is InChI=1S/C20H38O7S.C2H4O3.Na.H/c1-5-9-11-16(7-3)14-26-19(21)13-18(28(23,24)25)20(22)27-15-17(8-4)12-10-6-2;1-5-2(3)4;;/h16-18H,5-15H2,1-4H3,(H,23,24,25);1H3,(H,3,4);;. The van der Waals surface area contributed by atoms with Crippen molar-refractivity contribution in [3.63, 3.8) is 0 Å². The minimum atomic E-state index is -4.76. The van der Waals surface area contributed by atoms with Crippen LogP contribution in [-0.4, -0.2) is 91.3 Å². The molecule has 0 aromatic carbocycles. The SMILES string of the molecule is CCCCC(CC)COC(=O)CC(C(=O)OCC(CC)CCCC)S(=O)(=O)O.COC(=O)O.[NaH]. The van der Waals surface area contributed by atoms with Gasteiger partial charge in [0.05, 0.1) is 26.7 Å². The van der Waals surface area contributed by atoms with E-state index in [9.17, 15) is 22.6 Å². The van der Waals surface area contributed by atoms with E-state index in [1.165, 1.54) is 0 Å². The fourth-order valence-electron chi connectivity index (χ4n) is 2.82. The fraction of sp³-hybridized carbons (Fsp3) is 0.864. The summed E-state index contributed by atoms with van der Waals surface area (Å²) in [5.41, 5.74) is 0. The summed E-state index contributed by atoms with van der Waals surface area (Å²) in [5, 5.41) is 5.55. The van der Waals surface area contributed by atoms with Gasteiger partial charge in [0.2, 0.25) is 0 Å². The molecule has 3 atom stereocenters. The number of hydrogen-bond acceptors (Lipinski definition) is 8. The van der Waals surface area contributed by atoms with Crippen molar-refractivity contribution in [2.45, 2.75) is 90.7 Å². The Kier molecular flexibility index (Phi) is 25.0. The van der Waals surface area contributed by atoms with Gasteiger partial charge in [-0.15, -0.1) is 0 Å². The van der Waals surface area contributed by atoms with Crippen molar-refractivity contribution >= 4 is 57.8 Å². The molecule has 0 saturated carbocycles. The molecule has 0 saturated heterocycles. The van der Waals surface area contributed by atoms with Crippen LogP contribution in [0.3, 0.4) is 0 Å². The first-order chi connectivity index (χ1) is 15.5. The number of unbranched alkanes of at least 4 members (excludes halogenated alkanes) is 2. The van der Waals surface area contributed by atoms with Crippen molar-refractivity contribution in [3.8, 4) is 0 Å². The molecule has 0 spiro atoms. The summed E-state index contributed by atoms with van der Waals surface area (Å²) in [6, 6.07) is 0. The number of methoxy groups -OCH3 is 1. The zero-order chi connectivity index (χ0) is 25.9. The van der Waals surface area contributed by atoms with Crippen LogP contribution in [-0.2, 0) is 33.9 Å². The molecule has 2 N–H and O–H groups in total. The monoisotopic (exact) mass is 522 g/mol. The molecule has 0 heterocycles. The second-order valence-corrected chi connectivity index (χ2v) is 9.42. The Morgan fingerprint density at radius 1 is 0.853 bits per heavy atom. The van der Waals surface area contributed by atoms with E-state index in [0.29, 0.717) is 0 Å². The fourth-order valence-corrected chi connectivity index (χ4v) is 3.48. The van der Waals surface area contributed by atoms with Gasteiger partial charge in [-0.3, -0.25) is 14.1 Å². The van der Waals surface area contributed by atoms with Crippen molar-refractivity contribution < 1.29 is 46.7 Å². The van der Waals surface area contributed by atoms with Crippen LogP contribution < -0.4 is 0 Å². The summed E-state index contributed by atoms with van der Waals surface area (Å²) in [5.74, 6) is -1.61. The van der Waals surface area contributed by atoms with Crippen LogP contribution in [0.1, 0.15) is 85.5 Å². The van der Waals surface area contributed by atoms with Gasteiger partial charge in [0.1, 0.15) is 0 Å². The van der Waals surface area contributed by atoms with E-state index in [0.717, 1.165) is 58.5 Å². The topological polar surface area (TPSA) is 154 Å². The molecule has 0 fully saturated rings. The van der Waals surface area contributed by atoms with Gasteiger partial charge in [-0.05, 0) is 24.7 Å². The molecule has 0 aromatic rings. The van der Waals surface area contributed by atoms with Gasteiger partial charge in [0.25, 0.3) is 10.1 Å². The number of rotatable bonds is 16. The maximum absolute atomic E-state index is 12.2. The number of esters is 2. The third-order valence-corrected chi connectivity index (χ3v) is 6.26. The minimum absolute atomic E-state index is 0. The van der Waals surface area contributed by atoms with Gasteiger partial charge in [0, 0.05) is 0 Å². The molecule has 0 aliphatic heterocycles. The molecule has 0 bridgehead atoms. The van der Waals surface area contributed by atoms with Crippen molar-refractivity contribution in [1.82, 2.24) is 0 Å². The second kappa shape index (κ2) is 22.6. The molecule has 34 heavy (non-hydrogen) atoms. The van der Waals surface area contributed by atoms with Gasteiger partial charge in [-0.25, -0.2) is 4.79 Å². The van der Waals surface area contributed by atoms with E-state index >= 15 is 0 Å². The Morgan fingerprint density at radius 2 is 1.26 bits per heavy atom. The van der Waals surface area contributed by atoms with Crippen LogP contribution in [0.4, 0.5) is 4.79 Å². The van der Waals surface area contributed by atoms with Crippen LogP contribution >= 0.6 is 0 Å². The summed E-state index contributed by atoms with van der Waals surface area (Å²) in [6.07, 6.45) is 5.50. The summed E-state index contributed by atoms with van der Waals surface area (Å²) < 4.78 is 46.4. The zero-order valence-corrected chi connectivity index (χ0v) is 21.4. The van der Waals surface area contributed by atoms with E-state index in [1.807, 2.05) is 13.8 Å². The summed E-state index contributed by atoms with van der Waals surface area (Å²) >= 11 is 0. The first-order valence-electron chi connectivity index (χ1n) is 11.5. The Hall–Kier alpha value is -0.880. The van der Waals surface area contributed by atoms with Crippen LogP contribution in [0.25, 0.3) is 0 Å². The molecule has 10 nitrogen and oxygen atoms in total. The van der Waals surface area contributed by atoms with E-state index in [2.05, 4.69) is 18.6 Å². The molecule has 12 heteroatoms. The zero-order valence-electron chi connectivity index (χ0n) is 20.6. The average Bonchev–Trinajstić information content (AvgIpc) is 2.77. The van der Waals surface area contributed by atoms with Gasteiger partial charge in [-0.2, -0.15) is 8.42 Å². The van der Waals surface area contributed by atoms with Gasteiger partial charge in [0.15, 0.2) is 5.25 Å². The van der Waals surface area contributed by atoms with Crippen molar-refractivity contribution in [3.05, 3.63) is 0 Å². The molecule has 0 aromatic heterocycles. The van der Waals surface area contributed by atoms with Gasteiger partial charge < -0.3 is 19.3 Å². The van der Waals surface area contributed by atoms with Gasteiger partial charge >= 0.3 is 47.7 Å². The molecule has 0 aliphatic carbocycles. The summed E-state index contributed by atoms with van der Waals surface area (Å²) in [7, 11) is -3.66. The number of hydrogen-bond donors (Lipinski definition) is 2. The van der Waals surface area contributed by atoms with Gasteiger partial charge in [-0.1, -0.05) is 66.2 Å². The van der Waals surface area contributed by atoms with Crippen molar-refractivity contribution in [2.24, 2.45) is 11.8 Å². The number of ether oxygens (including phenoxy) is 3. The van der Waals surface area contributed by atoms with E-state index in [1.54, 1.807) is 0 Å². The maximum atomic E-state index is 12.2. The summed E-state index contributed by atoms with van der Waals surface area (Å²) in [4.78, 5) is 33.4. The predicted molar refractivity (Wildman–Crippen MR) is 131 cm³/mol. The van der Waals surface area contributed by atoms with E-state index < -0.39 is 39.9 Å². The Labute approximate surface area is 226 Å². The Bertz CT molecular complexity index is 654. The molecule has 0 radical (unpaired) electrons. The number of carbonyl (C=O) groups excluding carboxylic acids is 2. The number of carbonyl (C=O) groups is 3. The van der Waals surface area contributed by atoms with E-state index in [4.69, 9.17) is 19.4 Å². The quantitative estimate of drug-likeness (QED) is 0.132. The Balaban J connectivity index is -0.00000144. The molecule has 0 rings (SSSR count). The molecule has 3 unspecified atom stereocenters. The molecular weight excluding hydrogens is 479 g/mol. The summed E-state index contributed by atoms with van der Waals surface area (Å²) in [6.45, 7) is 8.35.